The van der Waals surface area contributed by atoms with Crippen LogP contribution in [0.2, 0.25) is 0 Å². The first-order valence-electron chi connectivity index (χ1n) is 7.53. The van der Waals surface area contributed by atoms with Crippen molar-refractivity contribution in [3.63, 3.8) is 0 Å². The molecule has 0 bridgehead atoms. The number of nitrogens with zero attached hydrogens (tertiary/aromatic N) is 2. The van der Waals surface area contributed by atoms with Gasteiger partial charge in [-0.15, -0.1) is 0 Å². The molecule has 0 aromatic heterocycles. The molecular weight excluding hydrogens is 250 g/mol. The Morgan fingerprint density at radius 2 is 2.00 bits per heavy atom. The third-order valence-corrected chi connectivity index (χ3v) is 4.39. The second-order valence-electron chi connectivity index (χ2n) is 5.81. The van der Waals surface area contributed by atoms with E-state index in [-0.39, 0.29) is 6.54 Å². The molecule has 1 fully saturated rings. The Morgan fingerprint density at radius 3 is 2.55 bits per heavy atom. The van der Waals surface area contributed by atoms with Gasteiger partial charge in [0.25, 0.3) is 0 Å². The summed E-state index contributed by atoms with van der Waals surface area (Å²) in [6, 6.07) is 10.3. The summed E-state index contributed by atoms with van der Waals surface area (Å²) in [7, 11) is 0. The zero-order valence-electron chi connectivity index (χ0n) is 12.6. The van der Waals surface area contributed by atoms with Gasteiger partial charge in [-0.05, 0) is 19.0 Å². The highest BCUT2D eigenvalue weighted by atomic mass is 16.3. The second-order valence-corrected chi connectivity index (χ2v) is 5.81. The average Bonchev–Trinajstić information content (AvgIpc) is 2.48. The third-order valence-electron chi connectivity index (χ3n) is 4.39. The van der Waals surface area contributed by atoms with E-state index in [0.717, 1.165) is 31.7 Å². The molecule has 2 rings (SSSR count). The summed E-state index contributed by atoms with van der Waals surface area (Å²) in [5, 5.41) is 10.9. The van der Waals surface area contributed by atoms with Crippen molar-refractivity contribution in [3.8, 4) is 0 Å². The van der Waals surface area contributed by atoms with Crippen molar-refractivity contribution in [1.29, 1.82) is 0 Å². The molecule has 2 atom stereocenters. The molecule has 0 aliphatic carbocycles. The number of piperazine rings is 1. The van der Waals surface area contributed by atoms with Gasteiger partial charge in [0.05, 0.1) is 0 Å². The largest absolute Gasteiger partial charge is 0.382 e. The molecule has 1 aliphatic rings. The van der Waals surface area contributed by atoms with E-state index in [4.69, 9.17) is 5.73 Å². The van der Waals surface area contributed by atoms with Crippen LogP contribution in [-0.2, 0) is 5.60 Å². The Morgan fingerprint density at radius 1 is 1.30 bits per heavy atom. The standard InChI is InChI=1S/C16H27N3O/c1-3-19-10-9-18(11-14(19)2)13-16(20,12-17)15-7-5-4-6-8-15/h4-8,14,20H,3,9-13,17H2,1-2H3. The molecule has 4 heteroatoms. The van der Waals surface area contributed by atoms with Crippen LogP contribution in [0.5, 0.6) is 0 Å². The number of hydrogen-bond donors (Lipinski definition) is 2. The van der Waals surface area contributed by atoms with E-state index in [1.54, 1.807) is 0 Å². The first-order chi connectivity index (χ1) is 9.59. The van der Waals surface area contributed by atoms with E-state index >= 15 is 0 Å². The van der Waals surface area contributed by atoms with E-state index in [1.807, 2.05) is 30.3 Å². The maximum Gasteiger partial charge on any atom is 0.114 e. The van der Waals surface area contributed by atoms with Crippen molar-refractivity contribution in [2.24, 2.45) is 5.73 Å². The smallest absolute Gasteiger partial charge is 0.114 e. The van der Waals surface area contributed by atoms with E-state index in [1.165, 1.54) is 0 Å². The molecule has 1 aliphatic heterocycles. The van der Waals surface area contributed by atoms with Gasteiger partial charge in [-0.1, -0.05) is 37.3 Å². The lowest BCUT2D eigenvalue weighted by atomic mass is 9.92. The molecule has 2 unspecified atom stereocenters. The van der Waals surface area contributed by atoms with Gasteiger partial charge in [0.1, 0.15) is 5.60 Å². The van der Waals surface area contributed by atoms with Gasteiger partial charge in [0, 0.05) is 38.8 Å². The highest BCUT2D eigenvalue weighted by molar-refractivity contribution is 5.23. The Bertz CT molecular complexity index is 411. The maximum atomic E-state index is 10.9. The zero-order chi connectivity index (χ0) is 14.6. The topological polar surface area (TPSA) is 52.7 Å². The fourth-order valence-electron chi connectivity index (χ4n) is 3.08. The Labute approximate surface area is 122 Å². The molecule has 4 nitrogen and oxygen atoms in total. The number of likely N-dealkylation sites (N-methyl/N-ethyl adjacent to an activating group) is 1. The first-order valence-corrected chi connectivity index (χ1v) is 7.53. The van der Waals surface area contributed by atoms with Crippen molar-refractivity contribution >= 4 is 0 Å². The predicted molar refractivity (Wildman–Crippen MR) is 82.5 cm³/mol. The second kappa shape index (κ2) is 6.68. The van der Waals surface area contributed by atoms with Crippen molar-refractivity contribution in [1.82, 2.24) is 9.80 Å². The fourth-order valence-corrected chi connectivity index (χ4v) is 3.08. The Hall–Kier alpha value is -0.940. The molecule has 3 N–H and O–H groups in total. The lowest BCUT2D eigenvalue weighted by Gasteiger charge is -2.42. The third kappa shape index (κ3) is 3.38. The quantitative estimate of drug-likeness (QED) is 0.838. The van der Waals surface area contributed by atoms with Crippen LogP contribution in [0.3, 0.4) is 0 Å². The van der Waals surface area contributed by atoms with Crippen molar-refractivity contribution in [2.75, 3.05) is 39.3 Å². The van der Waals surface area contributed by atoms with Gasteiger partial charge >= 0.3 is 0 Å². The number of rotatable bonds is 5. The number of nitrogens with two attached hydrogens (primary N) is 1. The highest BCUT2D eigenvalue weighted by Gasteiger charge is 2.32. The van der Waals surface area contributed by atoms with Gasteiger partial charge in [0.15, 0.2) is 0 Å². The van der Waals surface area contributed by atoms with Crippen LogP contribution in [0, 0.1) is 0 Å². The minimum absolute atomic E-state index is 0.249. The van der Waals surface area contributed by atoms with E-state index in [9.17, 15) is 5.11 Å². The van der Waals surface area contributed by atoms with Crippen LogP contribution in [0.4, 0.5) is 0 Å². The van der Waals surface area contributed by atoms with Crippen LogP contribution >= 0.6 is 0 Å². The molecule has 0 radical (unpaired) electrons. The van der Waals surface area contributed by atoms with Crippen LogP contribution in [0.15, 0.2) is 30.3 Å². The summed E-state index contributed by atoms with van der Waals surface area (Å²) in [6.45, 7) is 9.44. The minimum Gasteiger partial charge on any atom is -0.382 e. The molecule has 1 aromatic rings. The van der Waals surface area contributed by atoms with Crippen molar-refractivity contribution in [3.05, 3.63) is 35.9 Å². The number of hydrogen-bond acceptors (Lipinski definition) is 4. The van der Waals surface area contributed by atoms with Crippen molar-refractivity contribution in [2.45, 2.75) is 25.5 Å². The first kappa shape index (κ1) is 15.4. The van der Waals surface area contributed by atoms with E-state index in [0.29, 0.717) is 12.6 Å². The minimum atomic E-state index is -0.949. The molecule has 0 amide bonds. The van der Waals surface area contributed by atoms with Gasteiger partial charge in [-0.3, -0.25) is 9.80 Å². The van der Waals surface area contributed by atoms with E-state index < -0.39 is 5.60 Å². The van der Waals surface area contributed by atoms with Gasteiger partial charge < -0.3 is 10.8 Å². The van der Waals surface area contributed by atoms with Gasteiger partial charge in [0.2, 0.25) is 0 Å². The summed E-state index contributed by atoms with van der Waals surface area (Å²) < 4.78 is 0. The molecule has 112 valence electrons. The SMILES string of the molecule is CCN1CCN(CC(O)(CN)c2ccccc2)CC1C. The fraction of sp³-hybridized carbons (Fsp3) is 0.625. The monoisotopic (exact) mass is 277 g/mol. The number of benzene rings is 1. The summed E-state index contributed by atoms with van der Waals surface area (Å²) >= 11 is 0. The number of aliphatic hydroxyl groups is 1. The average molecular weight is 277 g/mol. The number of β-amino-alcohol motifs (C(OH)–C–C–N with tert-alkyl or cyclic N) is 1. The summed E-state index contributed by atoms with van der Waals surface area (Å²) in [4.78, 5) is 4.80. The van der Waals surface area contributed by atoms with Crippen molar-refractivity contribution < 1.29 is 5.11 Å². The summed E-state index contributed by atoms with van der Waals surface area (Å²) in [5.74, 6) is 0. The lowest BCUT2D eigenvalue weighted by Crippen LogP contribution is -2.56. The molecule has 1 heterocycles. The van der Waals surface area contributed by atoms with E-state index in [2.05, 4.69) is 23.6 Å². The summed E-state index contributed by atoms with van der Waals surface area (Å²) in [5.41, 5.74) is 5.82. The molecule has 1 aromatic carbocycles. The highest BCUT2D eigenvalue weighted by Crippen LogP contribution is 2.22. The van der Waals surface area contributed by atoms with Crippen LogP contribution < -0.4 is 5.73 Å². The molecule has 1 saturated heterocycles. The summed E-state index contributed by atoms with van der Waals surface area (Å²) in [6.07, 6.45) is 0. The van der Waals surface area contributed by atoms with Crippen LogP contribution in [0.25, 0.3) is 0 Å². The predicted octanol–water partition coefficient (Wildman–Crippen LogP) is 0.859. The Balaban J connectivity index is 2.04. The lowest BCUT2D eigenvalue weighted by molar-refractivity contribution is -0.0166. The van der Waals surface area contributed by atoms with Crippen LogP contribution in [-0.4, -0.2) is 60.2 Å². The zero-order valence-corrected chi connectivity index (χ0v) is 12.6. The molecule has 20 heavy (non-hydrogen) atoms. The van der Waals surface area contributed by atoms with Gasteiger partial charge in [-0.2, -0.15) is 0 Å². The molecule has 0 spiro atoms. The Kier molecular flexibility index (Phi) is 5.16. The molecule has 0 saturated carbocycles. The van der Waals surface area contributed by atoms with Gasteiger partial charge in [-0.25, -0.2) is 0 Å². The molecular formula is C16H27N3O. The normalized spacial score (nSPS) is 24.5. The maximum absolute atomic E-state index is 10.9. The van der Waals surface area contributed by atoms with Crippen LogP contribution in [0.1, 0.15) is 19.4 Å².